The summed E-state index contributed by atoms with van der Waals surface area (Å²) < 4.78 is 12.9. The van der Waals surface area contributed by atoms with E-state index in [2.05, 4.69) is 16.0 Å². The summed E-state index contributed by atoms with van der Waals surface area (Å²) in [7, 11) is 0. The first kappa shape index (κ1) is 20.5. The van der Waals surface area contributed by atoms with Crippen molar-refractivity contribution in [1.29, 1.82) is 10.8 Å². The highest BCUT2D eigenvalue weighted by Gasteiger charge is 2.26. The zero-order chi connectivity index (χ0) is 21.0. The van der Waals surface area contributed by atoms with Crippen LogP contribution in [0.25, 0.3) is 0 Å². The fourth-order valence-corrected chi connectivity index (χ4v) is 3.13. The first-order chi connectivity index (χ1) is 13.8. The van der Waals surface area contributed by atoms with Gasteiger partial charge in [-0.2, -0.15) is 0 Å². The number of aryl methyl sites for hydroxylation is 1. The lowest BCUT2D eigenvalue weighted by Gasteiger charge is -2.16. The lowest BCUT2D eigenvalue weighted by Crippen LogP contribution is -2.49. The van der Waals surface area contributed by atoms with Crippen LogP contribution in [0.2, 0.25) is 5.02 Å². The number of hydrogen-bond acceptors (Lipinski definition) is 4. The third-order valence-electron chi connectivity index (χ3n) is 4.45. The number of carbonyl (C=O) groups excluding carboxylic acids is 2. The SMILES string of the molecule is N=C(Cc1ccc(F)cc1)NC(=N)C(=O)N[C@H]1CCc2ccc(Cl)cc2NC1=O. The van der Waals surface area contributed by atoms with Gasteiger partial charge in [0.1, 0.15) is 17.7 Å². The molecular weight excluding hydrogens is 397 g/mol. The predicted octanol–water partition coefficient (Wildman–Crippen LogP) is 2.64. The Balaban J connectivity index is 1.55. The number of amides is 2. The number of rotatable bonds is 3. The predicted molar refractivity (Wildman–Crippen MR) is 109 cm³/mol. The maximum absolute atomic E-state index is 12.9. The van der Waals surface area contributed by atoms with Gasteiger partial charge in [0.05, 0.1) is 0 Å². The number of halogens is 2. The molecule has 1 atom stereocenters. The molecule has 5 N–H and O–H groups in total. The lowest BCUT2D eigenvalue weighted by atomic mass is 10.1. The van der Waals surface area contributed by atoms with E-state index in [1.165, 1.54) is 24.3 Å². The molecule has 2 aromatic rings. The van der Waals surface area contributed by atoms with E-state index < -0.39 is 23.7 Å². The van der Waals surface area contributed by atoms with E-state index in [0.29, 0.717) is 29.1 Å². The Hall–Kier alpha value is -3.26. The zero-order valence-corrected chi connectivity index (χ0v) is 16.1. The highest BCUT2D eigenvalue weighted by Crippen LogP contribution is 2.25. The summed E-state index contributed by atoms with van der Waals surface area (Å²) >= 11 is 5.96. The van der Waals surface area contributed by atoms with Crippen LogP contribution in [-0.2, 0) is 22.4 Å². The van der Waals surface area contributed by atoms with Crippen molar-refractivity contribution in [1.82, 2.24) is 10.6 Å². The molecule has 1 heterocycles. The highest BCUT2D eigenvalue weighted by molar-refractivity contribution is 6.39. The molecular formula is C20H19ClFN5O2. The molecule has 9 heteroatoms. The number of amidine groups is 2. The van der Waals surface area contributed by atoms with Crippen molar-refractivity contribution in [2.24, 2.45) is 0 Å². The van der Waals surface area contributed by atoms with Gasteiger partial charge < -0.3 is 16.0 Å². The van der Waals surface area contributed by atoms with Gasteiger partial charge in [0.2, 0.25) is 5.91 Å². The van der Waals surface area contributed by atoms with Gasteiger partial charge in [0.15, 0.2) is 5.84 Å². The summed E-state index contributed by atoms with van der Waals surface area (Å²) in [6, 6.07) is 9.98. The molecule has 150 valence electrons. The van der Waals surface area contributed by atoms with Gasteiger partial charge in [-0.05, 0) is 48.2 Å². The average molecular weight is 416 g/mol. The van der Waals surface area contributed by atoms with Gasteiger partial charge in [-0.25, -0.2) is 4.39 Å². The average Bonchev–Trinajstić information content (AvgIpc) is 2.82. The summed E-state index contributed by atoms with van der Waals surface area (Å²) in [4.78, 5) is 24.7. The Kier molecular flexibility index (Phi) is 6.23. The fourth-order valence-electron chi connectivity index (χ4n) is 2.96. The topological polar surface area (TPSA) is 118 Å². The normalized spacial score (nSPS) is 15.5. The summed E-state index contributed by atoms with van der Waals surface area (Å²) in [6.45, 7) is 0. The van der Waals surface area contributed by atoms with Crippen LogP contribution in [0.4, 0.5) is 10.1 Å². The van der Waals surface area contributed by atoms with Crippen LogP contribution in [0.5, 0.6) is 0 Å². The minimum atomic E-state index is -0.817. The molecule has 29 heavy (non-hydrogen) atoms. The third kappa shape index (κ3) is 5.39. The smallest absolute Gasteiger partial charge is 0.287 e. The van der Waals surface area contributed by atoms with Crippen LogP contribution >= 0.6 is 11.6 Å². The van der Waals surface area contributed by atoms with Gasteiger partial charge in [-0.3, -0.25) is 20.4 Å². The lowest BCUT2D eigenvalue weighted by molar-refractivity contribution is -0.123. The van der Waals surface area contributed by atoms with Crippen molar-refractivity contribution in [2.75, 3.05) is 5.32 Å². The van der Waals surface area contributed by atoms with E-state index in [-0.39, 0.29) is 18.1 Å². The van der Waals surface area contributed by atoms with Crippen molar-refractivity contribution < 1.29 is 14.0 Å². The second-order valence-corrected chi connectivity index (χ2v) is 7.07. The zero-order valence-electron chi connectivity index (χ0n) is 15.3. The van der Waals surface area contributed by atoms with Crippen LogP contribution in [0.3, 0.4) is 0 Å². The Bertz CT molecular complexity index is 977. The molecule has 1 aliphatic heterocycles. The quantitative estimate of drug-likeness (QED) is 0.391. The standard InChI is InChI=1S/C20H19ClFN5O2/c21-13-5-3-12-4-8-15(19(28)26-16(12)10-13)25-20(29)18(24)27-17(23)9-11-1-6-14(22)7-2-11/h1-3,5-7,10,15H,4,8-9H2,(H,25,29)(H,26,28)(H3,23,24,27)/t15-/m0/s1. The molecule has 3 rings (SSSR count). The summed E-state index contributed by atoms with van der Waals surface area (Å²) in [5.41, 5.74) is 2.18. The highest BCUT2D eigenvalue weighted by atomic mass is 35.5. The molecule has 0 saturated heterocycles. The minimum Gasteiger partial charge on any atom is -0.338 e. The van der Waals surface area contributed by atoms with Crippen LogP contribution in [0, 0.1) is 16.6 Å². The minimum absolute atomic E-state index is 0.0934. The number of hydrogen-bond donors (Lipinski definition) is 5. The molecule has 0 unspecified atom stereocenters. The Morgan fingerprint density at radius 2 is 1.93 bits per heavy atom. The van der Waals surface area contributed by atoms with E-state index in [0.717, 1.165) is 5.56 Å². The molecule has 0 aromatic heterocycles. The summed E-state index contributed by atoms with van der Waals surface area (Å²) in [5, 5.41) is 23.9. The van der Waals surface area contributed by atoms with E-state index in [1.54, 1.807) is 12.1 Å². The maximum atomic E-state index is 12.9. The van der Waals surface area contributed by atoms with Crippen molar-refractivity contribution >= 4 is 40.8 Å². The molecule has 0 aliphatic carbocycles. The molecule has 1 aliphatic rings. The first-order valence-electron chi connectivity index (χ1n) is 8.89. The van der Waals surface area contributed by atoms with Crippen LogP contribution in [0.1, 0.15) is 17.5 Å². The fraction of sp³-hybridized carbons (Fsp3) is 0.200. The number of benzene rings is 2. The van der Waals surface area contributed by atoms with Crippen LogP contribution in [-0.4, -0.2) is 29.5 Å². The van der Waals surface area contributed by atoms with Crippen molar-refractivity contribution in [3.63, 3.8) is 0 Å². The van der Waals surface area contributed by atoms with E-state index >= 15 is 0 Å². The number of nitrogens with one attached hydrogen (secondary N) is 5. The van der Waals surface area contributed by atoms with Crippen molar-refractivity contribution in [2.45, 2.75) is 25.3 Å². The number of fused-ring (bicyclic) bond motifs is 1. The second kappa shape index (κ2) is 8.83. The molecule has 0 saturated carbocycles. The number of carbonyl (C=O) groups is 2. The third-order valence-corrected chi connectivity index (χ3v) is 4.69. The Labute approximate surface area is 171 Å². The van der Waals surface area contributed by atoms with Gasteiger partial charge in [0, 0.05) is 17.1 Å². The van der Waals surface area contributed by atoms with Crippen molar-refractivity contribution in [3.8, 4) is 0 Å². The molecule has 0 spiro atoms. The van der Waals surface area contributed by atoms with E-state index in [4.69, 9.17) is 22.4 Å². The van der Waals surface area contributed by atoms with Gasteiger partial charge in [-0.15, -0.1) is 0 Å². The Morgan fingerprint density at radius 1 is 1.21 bits per heavy atom. The van der Waals surface area contributed by atoms with E-state index in [1.807, 2.05) is 6.07 Å². The monoisotopic (exact) mass is 415 g/mol. The van der Waals surface area contributed by atoms with Gasteiger partial charge in [-0.1, -0.05) is 29.8 Å². The summed E-state index contributed by atoms with van der Waals surface area (Å²) in [5.74, 6) is -2.21. The van der Waals surface area contributed by atoms with Gasteiger partial charge in [0.25, 0.3) is 5.91 Å². The van der Waals surface area contributed by atoms with E-state index in [9.17, 15) is 14.0 Å². The molecule has 0 bridgehead atoms. The Morgan fingerprint density at radius 3 is 2.66 bits per heavy atom. The molecule has 7 nitrogen and oxygen atoms in total. The summed E-state index contributed by atoms with van der Waals surface area (Å²) in [6.07, 6.45) is 1.03. The largest absolute Gasteiger partial charge is 0.338 e. The first-order valence-corrected chi connectivity index (χ1v) is 9.27. The molecule has 2 aromatic carbocycles. The second-order valence-electron chi connectivity index (χ2n) is 6.64. The maximum Gasteiger partial charge on any atom is 0.287 e. The van der Waals surface area contributed by atoms with Crippen molar-refractivity contribution in [3.05, 3.63) is 64.4 Å². The molecule has 0 radical (unpaired) electrons. The van der Waals surface area contributed by atoms with Crippen LogP contribution in [0.15, 0.2) is 42.5 Å². The molecule has 2 amide bonds. The van der Waals surface area contributed by atoms with Gasteiger partial charge >= 0.3 is 0 Å². The van der Waals surface area contributed by atoms with Crippen LogP contribution < -0.4 is 16.0 Å². The molecule has 0 fully saturated rings. The number of anilines is 1.